The van der Waals surface area contributed by atoms with E-state index in [4.69, 9.17) is 14.3 Å². The lowest BCUT2D eigenvalue weighted by atomic mass is 10.2. The quantitative estimate of drug-likeness (QED) is 0.923. The number of aromatic nitrogens is 1. The summed E-state index contributed by atoms with van der Waals surface area (Å²) in [5, 5.41) is 8.90. The van der Waals surface area contributed by atoms with Gasteiger partial charge in [0.15, 0.2) is 5.58 Å². The Labute approximate surface area is 124 Å². The van der Waals surface area contributed by atoms with E-state index in [1.54, 1.807) is 12.1 Å². The Morgan fingerprint density at radius 3 is 2.68 bits per heavy atom. The molecule has 1 aromatic carbocycles. The van der Waals surface area contributed by atoms with Gasteiger partial charge in [-0.05, 0) is 26.0 Å². The van der Waals surface area contributed by atoms with Crippen LogP contribution in [-0.2, 0) is 9.53 Å². The number of rotatable bonds is 3. The van der Waals surface area contributed by atoms with Crippen molar-refractivity contribution in [2.75, 3.05) is 11.4 Å². The van der Waals surface area contributed by atoms with Crippen LogP contribution in [0.5, 0.6) is 0 Å². The van der Waals surface area contributed by atoms with Crippen molar-refractivity contribution in [3.05, 3.63) is 28.7 Å². The summed E-state index contributed by atoms with van der Waals surface area (Å²) in [7, 11) is 0. The Kier molecular flexibility index (Phi) is 3.16. The molecular formula is C14H14N2O6. The van der Waals surface area contributed by atoms with E-state index in [1.807, 2.05) is 13.8 Å². The fourth-order valence-corrected chi connectivity index (χ4v) is 2.48. The van der Waals surface area contributed by atoms with Gasteiger partial charge in [-0.25, -0.2) is 14.4 Å². The number of anilines is 1. The Balaban J connectivity index is 2.02. The highest BCUT2D eigenvalue weighted by atomic mass is 16.6. The number of oxazole rings is 1. The number of nitrogens with zero attached hydrogens (tertiary/aromatic N) is 2. The van der Waals surface area contributed by atoms with Gasteiger partial charge in [0, 0.05) is 12.1 Å². The number of hydrogen-bond donors (Lipinski definition) is 1. The molecule has 0 bridgehead atoms. The van der Waals surface area contributed by atoms with Crippen molar-refractivity contribution in [3.8, 4) is 0 Å². The van der Waals surface area contributed by atoms with Gasteiger partial charge in [0.2, 0.25) is 6.10 Å². The second-order valence-corrected chi connectivity index (χ2v) is 5.30. The molecule has 8 heteroatoms. The highest BCUT2D eigenvalue weighted by Crippen LogP contribution is 2.26. The van der Waals surface area contributed by atoms with Crippen LogP contribution in [0.3, 0.4) is 0 Å². The summed E-state index contributed by atoms with van der Waals surface area (Å²) < 4.78 is 11.4. The van der Waals surface area contributed by atoms with Crippen molar-refractivity contribution < 1.29 is 23.8 Å². The molecule has 1 aliphatic rings. The number of carbonyl (C=O) groups excluding carboxylic acids is 1. The number of benzene rings is 1. The van der Waals surface area contributed by atoms with E-state index in [-0.39, 0.29) is 12.6 Å². The Morgan fingerprint density at radius 1 is 1.36 bits per heavy atom. The van der Waals surface area contributed by atoms with Crippen LogP contribution in [0.2, 0.25) is 0 Å². The number of carboxylic acids is 1. The van der Waals surface area contributed by atoms with E-state index in [0.717, 1.165) is 0 Å². The second-order valence-electron chi connectivity index (χ2n) is 5.30. The standard InChI is InChI=1S/C14H14N2O6/c1-7(2)16-9-4-3-8(5-10(9)21-14(16)20)15-6-11(12(17)18)22-13(15)19/h3-5,7,11H,6H2,1-2H3,(H,17,18)/t11-/m1/s1. The minimum atomic E-state index is -1.20. The number of hydrogen-bond acceptors (Lipinski definition) is 5. The third kappa shape index (κ3) is 2.12. The predicted molar refractivity (Wildman–Crippen MR) is 76.1 cm³/mol. The molecule has 1 fully saturated rings. The normalized spacial score (nSPS) is 18.2. The van der Waals surface area contributed by atoms with Crippen LogP contribution in [0, 0.1) is 0 Å². The maximum absolute atomic E-state index is 11.8. The van der Waals surface area contributed by atoms with Crippen molar-refractivity contribution in [3.63, 3.8) is 0 Å². The Hall–Kier alpha value is -2.77. The molecule has 2 heterocycles. The molecule has 116 valence electrons. The maximum atomic E-state index is 11.8. The molecule has 1 amide bonds. The van der Waals surface area contributed by atoms with E-state index in [2.05, 4.69) is 0 Å². The van der Waals surface area contributed by atoms with Gasteiger partial charge < -0.3 is 14.3 Å². The third-order valence-corrected chi connectivity index (χ3v) is 3.51. The molecule has 0 radical (unpaired) electrons. The summed E-state index contributed by atoms with van der Waals surface area (Å²) >= 11 is 0. The minimum Gasteiger partial charge on any atom is -0.478 e. The zero-order valence-electron chi connectivity index (χ0n) is 12.0. The van der Waals surface area contributed by atoms with E-state index in [1.165, 1.54) is 15.5 Å². The van der Waals surface area contributed by atoms with E-state index in [9.17, 15) is 14.4 Å². The fraction of sp³-hybridized carbons (Fsp3) is 0.357. The molecule has 1 aliphatic heterocycles. The zero-order chi connectivity index (χ0) is 16.0. The minimum absolute atomic E-state index is 0.0623. The first-order chi connectivity index (χ1) is 10.4. The topological polar surface area (TPSA) is 102 Å². The number of cyclic esters (lactones) is 1. The largest absolute Gasteiger partial charge is 0.478 e. The SMILES string of the molecule is CC(C)n1c(=O)oc2cc(N3C[C@H](C(=O)O)OC3=O)ccc21. The molecule has 0 spiro atoms. The highest BCUT2D eigenvalue weighted by Gasteiger charge is 2.37. The van der Waals surface area contributed by atoms with Gasteiger partial charge in [-0.3, -0.25) is 9.47 Å². The summed E-state index contributed by atoms with van der Waals surface area (Å²) in [4.78, 5) is 35.7. The summed E-state index contributed by atoms with van der Waals surface area (Å²) in [5.74, 6) is -1.68. The van der Waals surface area contributed by atoms with Gasteiger partial charge in [-0.15, -0.1) is 0 Å². The molecule has 1 N–H and O–H groups in total. The zero-order valence-corrected chi connectivity index (χ0v) is 12.0. The van der Waals surface area contributed by atoms with Gasteiger partial charge in [0.05, 0.1) is 17.7 Å². The summed E-state index contributed by atoms with van der Waals surface area (Å²) in [6, 6.07) is 4.76. The van der Waals surface area contributed by atoms with Gasteiger partial charge >= 0.3 is 17.8 Å². The van der Waals surface area contributed by atoms with Gasteiger partial charge in [0.1, 0.15) is 0 Å². The van der Waals surface area contributed by atoms with Crippen molar-refractivity contribution in [1.82, 2.24) is 4.57 Å². The average Bonchev–Trinajstić information content (AvgIpc) is 2.97. The first-order valence-corrected chi connectivity index (χ1v) is 6.74. The van der Waals surface area contributed by atoms with Crippen LogP contribution < -0.4 is 10.7 Å². The molecule has 1 atom stereocenters. The number of aliphatic carboxylic acids is 1. The van der Waals surface area contributed by atoms with Crippen LogP contribution in [0.25, 0.3) is 11.1 Å². The molecule has 0 saturated carbocycles. The third-order valence-electron chi connectivity index (χ3n) is 3.51. The van der Waals surface area contributed by atoms with Crippen LogP contribution in [0.15, 0.2) is 27.4 Å². The summed E-state index contributed by atoms with van der Waals surface area (Å²) in [5.41, 5.74) is 1.37. The van der Waals surface area contributed by atoms with Crippen molar-refractivity contribution in [2.24, 2.45) is 0 Å². The van der Waals surface area contributed by atoms with Crippen LogP contribution in [-0.4, -0.2) is 34.4 Å². The molecule has 1 aromatic heterocycles. The van der Waals surface area contributed by atoms with Gasteiger partial charge in [0.25, 0.3) is 0 Å². The monoisotopic (exact) mass is 306 g/mol. The number of fused-ring (bicyclic) bond motifs is 1. The first-order valence-electron chi connectivity index (χ1n) is 6.74. The van der Waals surface area contributed by atoms with Crippen molar-refractivity contribution >= 4 is 28.8 Å². The molecule has 0 aliphatic carbocycles. The summed E-state index contributed by atoms with van der Waals surface area (Å²) in [6.07, 6.45) is -1.94. The van der Waals surface area contributed by atoms with E-state index in [0.29, 0.717) is 16.8 Å². The number of carbonyl (C=O) groups is 2. The lowest BCUT2D eigenvalue weighted by molar-refractivity contribution is -0.144. The molecule has 2 aromatic rings. The van der Waals surface area contributed by atoms with E-state index < -0.39 is 23.9 Å². The van der Waals surface area contributed by atoms with Crippen molar-refractivity contribution in [2.45, 2.75) is 26.0 Å². The predicted octanol–water partition coefficient (Wildman–Crippen LogP) is 1.59. The highest BCUT2D eigenvalue weighted by molar-refractivity contribution is 5.95. The van der Waals surface area contributed by atoms with Crippen molar-refractivity contribution in [1.29, 1.82) is 0 Å². The maximum Gasteiger partial charge on any atom is 0.420 e. The summed E-state index contributed by atoms with van der Waals surface area (Å²) in [6.45, 7) is 3.63. The van der Waals surface area contributed by atoms with Crippen LogP contribution >= 0.6 is 0 Å². The van der Waals surface area contributed by atoms with Crippen LogP contribution in [0.1, 0.15) is 19.9 Å². The Bertz CT molecular complexity index is 818. The Morgan fingerprint density at radius 2 is 2.09 bits per heavy atom. The molecule has 3 rings (SSSR count). The molecule has 1 saturated heterocycles. The molecule has 8 nitrogen and oxygen atoms in total. The smallest absolute Gasteiger partial charge is 0.420 e. The second kappa shape index (κ2) is 4.90. The van der Waals surface area contributed by atoms with Crippen LogP contribution in [0.4, 0.5) is 10.5 Å². The van der Waals surface area contributed by atoms with Gasteiger partial charge in [-0.1, -0.05) is 0 Å². The number of amides is 1. The molecule has 22 heavy (non-hydrogen) atoms. The average molecular weight is 306 g/mol. The lowest BCUT2D eigenvalue weighted by Gasteiger charge is -2.12. The lowest BCUT2D eigenvalue weighted by Crippen LogP contribution is -2.27. The number of carboxylic acid groups (broad SMARTS) is 1. The van der Waals surface area contributed by atoms with E-state index >= 15 is 0 Å². The molecular weight excluding hydrogens is 292 g/mol. The number of ether oxygens (including phenoxy) is 1. The van der Waals surface area contributed by atoms with Gasteiger partial charge in [-0.2, -0.15) is 0 Å². The fourth-order valence-electron chi connectivity index (χ4n) is 2.48. The first kappa shape index (κ1) is 14.2. The molecule has 0 unspecified atom stereocenters.